The highest BCUT2D eigenvalue weighted by atomic mass is 35.5. The minimum absolute atomic E-state index is 0. The monoisotopic (exact) mass is 172 g/mol. The van der Waals surface area contributed by atoms with E-state index in [4.69, 9.17) is 23.2 Å². The van der Waals surface area contributed by atoms with Crippen LogP contribution in [0.2, 0.25) is 10.3 Å². The number of aromatic amines is 1. The molecule has 0 aliphatic heterocycles. The Hall–Kier alpha value is 0.0800. The van der Waals surface area contributed by atoms with Crippen molar-refractivity contribution in [1.29, 1.82) is 0 Å². The quantitative estimate of drug-likeness (QED) is 0.640. The van der Waals surface area contributed by atoms with Gasteiger partial charge in [-0.1, -0.05) is 23.2 Å². The third-order valence-corrected chi connectivity index (χ3v) is 1.22. The van der Waals surface area contributed by atoms with Crippen molar-refractivity contribution in [1.82, 2.24) is 9.97 Å². The van der Waals surface area contributed by atoms with Gasteiger partial charge in [0.25, 0.3) is 0 Å². The van der Waals surface area contributed by atoms with Crippen molar-refractivity contribution in [3.63, 3.8) is 0 Å². The Morgan fingerprint density at radius 1 is 1.50 bits per heavy atom. The number of nitrogens with zero attached hydrogens (tertiary/aromatic N) is 1. The largest absolute Gasteiger partial charge is 0.334 e. The molecule has 0 bridgehead atoms. The molecule has 1 aromatic heterocycles. The Morgan fingerprint density at radius 2 is 2.12 bits per heavy atom. The van der Waals surface area contributed by atoms with Gasteiger partial charge in [-0.15, -0.1) is 12.4 Å². The standard InChI is InChI=1S/C3H2Cl2N2.ClH/c4-2-3(5)7-1-6-2;/h1H,(H,6,7);1H. The van der Waals surface area contributed by atoms with Gasteiger partial charge in [0.15, 0.2) is 5.15 Å². The molecule has 0 aromatic carbocycles. The van der Waals surface area contributed by atoms with Gasteiger partial charge in [0.05, 0.1) is 6.33 Å². The smallest absolute Gasteiger partial charge is 0.165 e. The van der Waals surface area contributed by atoms with Gasteiger partial charge in [-0.3, -0.25) is 0 Å². The van der Waals surface area contributed by atoms with Crippen molar-refractivity contribution in [3.8, 4) is 0 Å². The Labute approximate surface area is 62.6 Å². The van der Waals surface area contributed by atoms with Gasteiger partial charge in [-0.05, 0) is 0 Å². The summed E-state index contributed by atoms with van der Waals surface area (Å²) in [4.78, 5) is 6.18. The fourth-order valence-corrected chi connectivity index (χ4v) is 0.463. The van der Waals surface area contributed by atoms with E-state index in [9.17, 15) is 0 Å². The predicted molar refractivity (Wildman–Crippen MR) is 35.9 cm³/mol. The molecule has 0 fully saturated rings. The van der Waals surface area contributed by atoms with Gasteiger partial charge in [-0.2, -0.15) is 0 Å². The maximum Gasteiger partial charge on any atom is 0.165 e. The Balaban J connectivity index is 0.000000490. The number of rotatable bonds is 0. The zero-order valence-corrected chi connectivity index (χ0v) is 6.02. The third kappa shape index (κ3) is 1.54. The first-order valence-corrected chi connectivity index (χ1v) is 2.40. The molecule has 8 heavy (non-hydrogen) atoms. The first-order chi connectivity index (χ1) is 3.30. The number of aromatic nitrogens is 2. The number of halogens is 3. The normalized spacial score (nSPS) is 8.25. The van der Waals surface area contributed by atoms with E-state index >= 15 is 0 Å². The van der Waals surface area contributed by atoms with Crippen LogP contribution in [0.15, 0.2) is 6.33 Å². The maximum absolute atomic E-state index is 5.37. The summed E-state index contributed by atoms with van der Waals surface area (Å²) in [6, 6.07) is 0. The minimum atomic E-state index is 0. The lowest BCUT2D eigenvalue weighted by molar-refractivity contribution is 1.31. The van der Waals surface area contributed by atoms with Crippen LogP contribution in [0.3, 0.4) is 0 Å². The summed E-state index contributed by atoms with van der Waals surface area (Å²) < 4.78 is 0. The van der Waals surface area contributed by atoms with Gasteiger partial charge < -0.3 is 4.98 Å². The van der Waals surface area contributed by atoms with Crippen LogP contribution in [0, 0.1) is 0 Å². The molecule has 1 aromatic rings. The fraction of sp³-hybridized carbons (Fsp3) is 0. The van der Waals surface area contributed by atoms with Gasteiger partial charge >= 0.3 is 0 Å². The van der Waals surface area contributed by atoms with Crippen LogP contribution in [-0.2, 0) is 0 Å². The molecule has 0 saturated carbocycles. The van der Waals surface area contributed by atoms with Crippen LogP contribution < -0.4 is 0 Å². The molecular formula is C3H3Cl3N2. The summed E-state index contributed by atoms with van der Waals surface area (Å²) in [5.41, 5.74) is 0. The Morgan fingerprint density at radius 3 is 2.25 bits per heavy atom. The van der Waals surface area contributed by atoms with E-state index in [1.807, 2.05) is 0 Å². The van der Waals surface area contributed by atoms with Crippen molar-refractivity contribution >= 4 is 35.6 Å². The molecule has 1 rings (SSSR count). The highest BCUT2D eigenvalue weighted by molar-refractivity contribution is 6.40. The molecule has 0 aliphatic rings. The van der Waals surface area contributed by atoms with Crippen molar-refractivity contribution < 1.29 is 0 Å². The van der Waals surface area contributed by atoms with Crippen molar-refractivity contribution in [2.75, 3.05) is 0 Å². The lowest BCUT2D eigenvalue weighted by atomic mass is 10.9. The molecule has 0 radical (unpaired) electrons. The summed E-state index contributed by atoms with van der Waals surface area (Å²) in [5, 5.41) is 0.711. The van der Waals surface area contributed by atoms with Crippen molar-refractivity contribution in [2.45, 2.75) is 0 Å². The Kier molecular flexibility index (Phi) is 3.21. The average molecular weight is 173 g/mol. The zero-order chi connectivity index (χ0) is 5.28. The van der Waals surface area contributed by atoms with Gasteiger partial charge in [0.1, 0.15) is 5.15 Å². The van der Waals surface area contributed by atoms with E-state index in [-0.39, 0.29) is 12.4 Å². The summed E-state index contributed by atoms with van der Waals surface area (Å²) in [6.07, 6.45) is 1.44. The zero-order valence-electron chi connectivity index (χ0n) is 3.69. The predicted octanol–water partition coefficient (Wildman–Crippen LogP) is 2.14. The van der Waals surface area contributed by atoms with Crippen LogP contribution in [0.1, 0.15) is 0 Å². The van der Waals surface area contributed by atoms with E-state index in [1.165, 1.54) is 6.33 Å². The second-order valence-electron chi connectivity index (χ2n) is 1.01. The van der Waals surface area contributed by atoms with E-state index in [0.29, 0.717) is 10.3 Å². The molecule has 1 heterocycles. The first kappa shape index (κ1) is 8.08. The molecule has 2 nitrogen and oxygen atoms in total. The highest BCUT2D eigenvalue weighted by Gasteiger charge is 1.93. The molecule has 0 amide bonds. The number of H-pyrrole nitrogens is 1. The van der Waals surface area contributed by atoms with E-state index in [0.717, 1.165) is 0 Å². The topological polar surface area (TPSA) is 28.7 Å². The van der Waals surface area contributed by atoms with Crippen LogP contribution in [-0.4, -0.2) is 9.97 Å². The molecule has 0 unspecified atom stereocenters. The molecule has 0 atom stereocenters. The van der Waals surface area contributed by atoms with Gasteiger partial charge in [0.2, 0.25) is 0 Å². The molecule has 5 heteroatoms. The molecule has 0 saturated heterocycles. The molecule has 1 N–H and O–H groups in total. The van der Waals surface area contributed by atoms with E-state index in [1.54, 1.807) is 0 Å². The van der Waals surface area contributed by atoms with Gasteiger partial charge in [0, 0.05) is 0 Å². The first-order valence-electron chi connectivity index (χ1n) is 1.65. The summed E-state index contributed by atoms with van der Waals surface area (Å²) in [6.45, 7) is 0. The van der Waals surface area contributed by atoms with Crippen LogP contribution >= 0.6 is 35.6 Å². The van der Waals surface area contributed by atoms with Crippen LogP contribution in [0.25, 0.3) is 0 Å². The van der Waals surface area contributed by atoms with Crippen LogP contribution in [0.5, 0.6) is 0 Å². The summed E-state index contributed by atoms with van der Waals surface area (Å²) in [5.74, 6) is 0. The van der Waals surface area contributed by atoms with Crippen molar-refractivity contribution in [2.24, 2.45) is 0 Å². The summed E-state index contributed by atoms with van der Waals surface area (Å²) >= 11 is 10.7. The van der Waals surface area contributed by atoms with Crippen molar-refractivity contribution in [3.05, 3.63) is 16.6 Å². The second kappa shape index (κ2) is 3.17. The SMILES string of the molecule is Cl.Clc1nc[nH]c1Cl. The molecule has 0 aliphatic carbocycles. The lowest BCUT2D eigenvalue weighted by Gasteiger charge is -1.72. The van der Waals surface area contributed by atoms with Crippen LogP contribution in [0.4, 0.5) is 0 Å². The number of hydrogen-bond donors (Lipinski definition) is 1. The summed E-state index contributed by atoms with van der Waals surface area (Å²) in [7, 11) is 0. The molecular weight excluding hydrogens is 170 g/mol. The van der Waals surface area contributed by atoms with E-state index in [2.05, 4.69) is 9.97 Å². The number of nitrogens with one attached hydrogen (secondary N) is 1. The molecule has 0 spiro atoms. The lowest BCUT2D eigenvalue weighted by Crippen LogP contribution is -1.56. The maximum atomic E-state index is 5.37. The third-order valence-electron chi connectivity index (χ3n) is 0.550. The average Bonchev–Trinajstić information content (AvgIpc) is 1.91. The Bertz CT molecular complexity index is 145. The fourth-order valence-electron chi connectivity index (χ4n) is 0.262. The molecule has 46 valence electrons. The number of imidazole rings is 1. The number of hydrogen-bond acceptors (Lipinski definition) is 1. The van der Waals surface area contributed by atoms with E-state index < -0.39 is 0 Å². The minimum Gasteiger partial charge on any atom is -0.334 e. The second-order valence-corrected chi connectivity index (χ2v) is 1.74. The van der Waals surface area contributed by atoms with Gasteiger partial charge in [-0.25, -0.2) is 4.98 Å². The highest BCUT2D eigenvalue weighted by Crippen LogP contribution is 2.13.